The molecule has 2 aromatic rings. The van der Waals surface area contributed by atoms with Crippen molar-refractivity contribution in [2.75, 3.05) is 32.8 Å². The Morgan fingerprint density at radius 1 is 1.06 bits per heavy atom. The third-order valence-electron chi connectivity index (χ3n) is 5.78. The van der Waals surface area contributed by atoms with Crippen LogP contribution >= 0.6 is 0 Å². The zero-order valence-corrected chi connectivity index (χ0v) is 18.0. The van der Waals surface area contributed by atoms with E-state index in [2.05, 4.69) is 34.1 Å². The maximum Gasteiger partial charge on any atom is 0.257 e. The summed E-state index contributed by atoms with van der Waals surface area (Å²) in [4.78, 5) is 31.8. The molecule has 1 aromatic carbocycles. The molecule has 1 aromatic heterocycles. The number of carbonyl (C=O) groups is 2. The van der Waals surface area contributed by atoms with Gasteiger partial charge in [0.25, 0.3) is 5.88 Å². The molecule has 2 aliphatic rings. The van der Waals surface area contributed by atoms with Crippen LogP contribution in [0, 0.1) is 0 Å². The Balaban J connectivity index is 1.24. The lowest BCUT2D eigenvalue weighted by Crippen LogP contribution is -2.48. The molecular formula is C24H29N3O4. The molecule has 1 saturated heterocycles. The van der Waals surface area contributed by atoms with Crippen molar-refractivity contribution in [1.29, 1.82) is 0 Å². The van der Waals surface area contributed by atoms with Crippen molar-refractivity contribution in [2.24, 2.45) is 0 Å². The summed E-state index contributed by atoms with van der Waals surface area (Å²) in [5.74, 6) is 1.53. The third kappa shape index (κ3) is 5.61. The Morgan fingerprint density at radius 3 is 2.58 bits per heavy atom. The van der Waals surface area contributed by atoms with E-state index >= 15 is 0 Å². The van der Waals surface area contributed by atoms with Gasteiger partial charge in [-0.3, -0.25) is 9.69 Å². The molecule has 3 heterocycles. The molecule has 1 fully saturated rings. The van der Waals surface area contributed by atoms with E-state index in [0.717, 1.165) is 38.3 Å². The number of pyridine rings is 1. The second kappa shape index (κ2) is 9.92. The van der Waals surface area contributed by atoms with Crippen molar-refractivity contribution in [3.63, 3.8) is 0 Å². The van der Waals surface area contributed by atoms with Crippen LogP contribution in [0.5, 0.6) is 11.6 Å². The molecule has 7 nitrogen and oxygen atoms in total. The van der Waals surface area contributed by atoms with Gasteiger partial charge in [0.1, 0.15) is 12.4 Å². The molecular weight excluding hydrogens is 394 g/mol. The Kier molecular flexibility index (Phi) is 6.82. The molecule has 1 amide bonds. The number of Topliss-reactive ketones (excluding diaryl/α,β-unsaturated/α-hetero) is 1. The number of rotatable bonds is 7. The van der Waals surface area contributed by atoms with Gasteiger partial charge in [-0.15, -0.1) is 0 Å². The first-order chi connectivity index (χ1) is 15.1. The third-order valence-corrected chi connectivity index (χ3v) is 5.78. The van der Waals surface area contributed by atoms with Gasteiger partial charge in [0, 0.05) is 51.8 Å². The van der Waals surface area contributed by atoms with Crippen LogP contribution in [0.2, 0.25) is 0 Å². The summed E-state index contributed by atoms with van der Waals surface area (Å²) in [6.07, 6.45) is 3.15. The zero-order valence-electron chi connectivity index (χ0n) is 18.0. The van der Waals surface area contributed by atoms with E-state index in [1.54, 1.807) is 13.1 Å². The van der Waals surface area contributed by atoms with E-state index < -0.39 is 0 Å². The number of ether oxygens (including phenoxy) is 2. The fourth-order valence-electron chi connectivity index (χ4n) is 3.97. The van der Waals surface area contributed by atoms with Gasteiger partial charge in [0.2, 0.25) is 5.91 Å². The van der Waals surface area contributed by atoms with Crippen molar-refractivity contribution < 1.29 is 19.1 Å². The summed E-state index contributed by atoms with van der Waals surface area (Å²) < 4.78 is 11.7. The van der Waals surface area contributed by atoms with Crippen LogP contribution in [0.15, 0.2) is 42.6 Å². The molecule has 0 radical (unpaired) electrons. The number of hydrogen-bond acceptors (Lipinski definition) is 6. The molecule has 0 saturated carbocycles. The Bertz CT molecular complexity index is 907. The highest BCUT2D eigenvalue weighted by molar-refractivity contribution is 5.78. The highest BCUT2D eigenvalue weighted by atomic mass is 16.6. The number of ketones is 1. The van der Waals surface area contributed by atoms with E-state index in [-0.39, 0.29) is 17.8 Å². The Hall–Kier alpha value is -2.93. The maximum absolute atomic E-state index is 12.3. The molecule has 1 atom stereocenters. The van der Waals surface area contributed by atoms with Gasteiger partial charge in [-0.25, -0.2) is 4.98 Å². The first-order valence-electron chi connectivity index (χ1n) is 10.9. The summed E-state index contributed by atoms with van der Waals surface area (Å²) >= 11 is 0. The van der Waals surface area contributed by atoms with Crippen molar-refractivity contribution in [3.8, 4) is 11.6 Å². The number of carbonyl (C=O) groups excluding carboxylic acids is 2. The van der Waals surface area contributed by atoms with Gasteiger partial charge in [-0.2, -0.15) is 0 Å². The average Bonchev–Trinajstić information content (AvgIpc) is 2.79. The van der Waals surface area contributed by atoms with Crippen LogP contribution in [0.1, 0.15) is 43.4 Å². The number of benzene rings is 1. The minimum atomic E-state index is -0.158. The van der Waals surface area contributed by atoms with E-state index in [1.807, 2.05) is 17.0 Å². The van der Waals surface area contributed by atoms with Crippen LogP contribution in [-0.2, 0) is 16.1 Å². The van der Waals surface area contributed by atoms with Crippen molar-refractivity contribution in [2.45, 2.75) is 38.8 Å². The van der Waals surface area contributed by atoms with E-state index in [4.69, 9.17) is 9.47 Å². The van der Waals surface area contributed by atoms with Crippen molar-refractivity contribution in [1.82, 2.24) is 14.8 Å². The Labute approximate surface area is 183 Å². The molecule has 7 heteroatoms. The van der Waals surface area contributed by atoms with Gasteiger partial charge in [-0.05, 0) is 36.6 Å². The number of hydrogen-bond donors (Lipinski definition) is 0. The minimum Gasteiger partial charge on any atom is -0.484 e. The predicted molar refractivity (Wildman–Crippen MR) is 116 cm³/mol. The van der Waals surface area contributed by atoms with Crippen LogP contribution in [0.3, 0.4) is 0 Å². The first kappa shape index (κ1) is 21.3. The number of fused-ring (bicyclic) bond motifs is 1. The number of piperazine rings is 1. The van der Waals surface area contributed by atoms with Crippen LogP contribution in [-0.4, -0.2) is 59.3 Å². The second-order valence-corrected chi connectivity index (χ2v) is 8.18. The minimum absolute atomic E-state index is 0.146. The van der Waals surface area contributed by atoms with Crippen LogP contribution in [0.4, 0.5) is 0 Å². The summed E-state index contributed by atoms with van der Waals surface area (Å²) in [6, 6.07) is 12.1. The standard InChI is InChI=1S/C24H29N3O4/c1-18(28)4-2-6-23(29)27-14-12-26(13-15-27)16-19-7-9-20(10-8-19)22-17-30-21-5-3-11-25-24(21)31-22/h3,5,7-11,22H,2,4,6,12-17H2,1H3/t22-/m1/s1. The van der Waals surface area contributed by atoms with Gasteiger partial charge >= 0.3 is 0 Å². The zero-order chi connectivity index (χ0) is 21.6. The summed E-state index contributed by atoms with van der Waals surface area (Å²) in [5, 5.41) is 0. The predicted octanol–water partition coefficient (Wildman–Crippen LogP) is 3.00. The summed E-state index contributed by atoms with van der Waals surface area (Å²) in [7, 11) is 0. The molecule has 0 aliphatic carbocycles. The van der Waals surface area contributed by atoms with Gasteiger partial charge in [0.15, 0.2) is 11.9 Å². The van der Waals surface area contributed by atoms with E-state index in [0.29, 0.717) is 37.5 Å². The Morgan fingerprint density at radius 2 is 1.84 bits per heavy atom. The monoisotopic (exact) mass is 423 g/mol. The van der Waals surface area contributed by atoms with Gasteiger partial charge in [-0.1, -0.05) is 24.3 Å². The lowest BCUT2D eigenvalue weighted by Gasteiger charge is -2.35. The smallest absolute Gasteiger partial charge is 0.257 e. The SMILES string of the molecule is CC(=O)CCCC(=O)N1CCN(Cc2ccc([C@H]3COc4cccnc4O3)cc2)CC1. The molecule has 164 valence electrons. The van der Waals surface area contributed by atoms with Gasteiger partial charge in [0.05, 0.1) is 0 Å². The molecule has 4 rings (SSSR count). The highest BCUT2D eigenvalue weighted by Crippen LogP contribution is 2.33. The molecule has 0 N–H and O–H groups in total. The number of nitrogens with zero attached hydrogens (tertiary/aromatic N) is 3. The largest absolute Gasteiger partial charge is 0.484 e. The van der Waals surface area contributed by atoms with Crippen molar-refractivity contribution in [3.05, 3.63) is 53.7 Å². The summed E-state index contributed by atoms with van der Waals surface area (Å²) in [5.41, 5.74) is 2.31. The average molecular weight is 424 g/mol. The lowest BCUT2D eigenvalue weighted by atomic mass is 10.1. The van der Waals surface area contributed by atoms with E-state index in [9.17, 15) is 9.59 Å². The molecule has 31 heavy (non-hydrogen) atoms. The fraction of sp³-hybridized carbons (Fsp3) is 0.458. The second-order valence-electron chi connectivity index (χ2n) is 8.18. The maximum atomic E-state index is 12.3. The number of aromatic nitrogens is 1. The first-order valence-corrected chi connectivity index (χ1v) is 10.9. The van der Waals surface area contributed by atoms with Crippen LogP contribution < -0.4 is 9.47 Å². The quantitative estimate of drug-likeness (QED) is 0.682. The van der Waals surface area contributed by atoms with Gasteiger partial charge < -0.3 is 19.2 Å². The fourth-order valence-corrected chi connectivity index (χ4v) is 3.97. The van der Waals surface area contributed by atoms with Crippen molar-refractivity contribution >= 4 is 11.7 Å². The normalized spacial score (nSPS) is 18.6. The van der Waals surface area contributed by atoms with E-state index in [1.165, 1.54) is 5.56 Å². The highest BCUT2D eigenvalue weighted by Gasteiger charge is 2.24. The molecule has 0 bridgehead atoms. The summed E-state index contributed by atoms with van der Waals surface area (Å²) in [6.45, 7) is 6.12. The molecule has 0 spiro atoms. The molecule has 0 unspecified atom stereocenters. The molecule has 2 aliphatic heterocycles. The lowest BCUT2D eigenvalue weighted by molar-refractivity contribution is -0.133. The topological polar surface area (TPSA) is 72.0 Å². The van der Waals surface area contributed by atoms with Crippen LogP contribution in [0.25, 0.3) is 0 Å². The number of amides is 1.